The van der Waals surface area contributed by atoms with Gasteiger partial charge in [-0.15, -0.1) is 0 Å². The molecule has 1 aromatic rings. The Morgan fingerprint density at radius 2 is 2.05 bits per heavy atom. The summed E-state index contributed by atoms with van der Waals surface area (Å²) < 4.78 is 18.4. The number of halogens is 1. The van der Waals surface area contributed by atoms with Crippen molar-refractivity contribution in [3.8, 4) is 0 Å². The Bertz CT molecular complexity index is 407. The highest BCUT2D eigenvalue weighted by molar-refractivity contribution is 5.69. The molecule has 0 radical (unpaired) electrons. The van der Waals surface area contributed by atoms with E-state index in [-0.39, 0.29) is 24.3 Å². The normalized spacial score (nSPS) is 12.5. The maximum absolute atomic E-state index is 13.3. The quantitative estimate of drug-likeness (QED) is 0.773. The van der Waals surface area contributed by atoms with Gasteiger partial charge in [0, 0.05) is 12.0 Å². The SMILES string of the molecule is CC(C)C[C@H](CN)CC(=O)OCc1ccccc1F. The van der Waals surface area contributed by atoms with Gasteiger partial charge in [-0.2, -0.15) is 0 Å². The molecule has 0 heterocycles. The van der Waals surface area contributed by atoms with Crippen LogP contribution in [0.25, 0.3) is 0 Å². The third-order valence-corrected chi connectivity index (χ3v) is 2.94. The first-order chi connectivity index (χ1) is 9.02. The standard InChI is InChI=1S/C15H22FNO2/c1-11(2)7-12(9-17)8-15(18)19-10-13-5-3-4-6-14(13)16/h3-6,11-12H,7-10,17H2,1-2H3/t12-/m0/s1. The highest BCUT2D eigenvalue weighted by Crippen LogP contribution is 2.15. The molecule has 0 aliphatic carbocycles. The lowest BCUT2D eigenvalue weighted by atomic mass is 9.94. The van der Waals surface area contributed by atoms with E-state index in [9.17, 15) is 9.18 Å². The Hall–Kier alpha value is -1.42. The van der Waals surface area contributed by atoms with Crippen LogP contribution in [0.15, 0.2) is 24.3 Å². The summed E-state index contributed by atoms with van der Waals surface area (Å²) in [5, 5.41) is 0. The summed E-state index contributed by atoms with van der Waals surface area (Å²) in [5.74, 6) is -0.0479. The van der Waals surface area contributed by atoms with E-state index < -0.39 is 0 Å². The maximum atomic E-state index is 13.3. The lowest BCUT2D eigenvalue weighted by Gasteiger charge is -2.16. The van der Waals surface area contributed by atoms with Crippen LogP contribution in [0.1, 0.15) is 32.3 Å². The number of ether oxygens (including phenoxy) is 1. The van der Waals surface area contributed by atoms with Gasteiger partial charge in [0.25, 0.3) is 0 Å². The molecule has 1 aromatic carbocycles. The fourth-order valence-corrected chi connectivity index (χ4v) is 2.00. The molecule has 0 bridgehead atoms. The molecule has 19 heavy (non-hydrogen) atoms. The summed E-state index contributed by atoms with van der Waals surface area (Å²) in [6.07, 6.45) is 1.19. The Kier molecular flexibility index (Phi) is 6.50. The Balaban J connectivity index is 2.41. The Labute approximate surface area is 113 Å². The molecule has 1 atom stereocenters. The molecular formula is C15H22FNO2. The van der Waals surface area contributed by atoms with Gasteiger partial charge in [-0.3, -0.25) is 4.79 Å². The minimum atomic E-state index is -0.354. The average molecular weight is 267 g/mol. The smallest absolute Gasteiger partial charge is 0.306 e. The van der Waals surface area contributed by atoms with Gasteiger partial charge < -0.3 is 10.5 Å². The van der Waals surface area contributed by atoms with Crippen LogP contribution < -0.4 is 5.73 Å². The van der Waals surface area contributed by atoms with Crippen molar-refractivity contribution in [1.82, 2.24) is 0 Å². The van der Waals surface area contributed by atoms with E-state index in [2.05, 4.69) is 13.8 Å². The molecule has 106 valence electrons. The van der Waals surface area contributed by atoms with Crippen LogP contribution in [0.3, 0.4) is 0 Å². The van der Waals surface area contributed by atoms with Gasteiger partial charge in [0.2, 0.25) is 0 Å². The van der Waals surface area contributed by atoms with E-state index in [1.807, 2.05) is 0 Å². The van der Waals surface area contributed by atoms with Crippen LogP contribution in [0, 0.1) is 17.7 Å². The topological polar surface area (TPSA) is 52.3 Å². The molecule has 0 aliphatic rings. The van der Waals surface area contributed by atoms with Crippen LogP contribution >= 0.6 is 0 Å². The van der Waals surface area contributed by atoms with Gasteiger partial charge in [0.1, 0.15) is 12.4 Å². The van der Waals surface area contributed by atoms with Gasteiger partial charge in [-0.1, -0.05) is 32.0 Å². The third-order valence-electron chi connectivity index (χ3n) is 2.94. The number of esters is 1. The van der Waals surface area contributed by atoms with Crippen molar-refractivity contribution < 1.29 is 13.9 Å². The zero-order chi connectivity index (χ0) is 14.3. The van der Waals surface area contributed by atoms with Crippen LogP contribution in [0.4, 0.5) is 4.39 Å². The van der Waals surface area contributed by atoms with Crippen molar-refractivity contribution in [3.63, 3.8) is 0 Å². The molecular weight excluding hydrogens is 245 g/mol. The Morgan fingerprint density at radius 1 is 1.37 bits per heavy atom. The fourth-order valence-electron chi connectivity index (χ4n) is 2.00. The van der Waals surface area contributed by atoms with Crippen LogP contribution in [-0.4, -0.2) is 12.5 Å². The molecule has 0 fully saturated rings. The minimum Gasteiger partial charge on any atom is -0.461 e. The van der Waals surface area contributed by atoms with Crippen molar-refractivity contribution in [3.05, 3.63) is 35.6 Å². The highest BCUT2D eigenvalue weighted by Gasteiger charge is 2.15. The largest absolute Gasteiger partial charge is 0.461 e. The van der Waals surface area contributed by atoms with Crippen LogP contribution in [0.2, 0.25) is 0 Å². The number of rotatable bonds is 7. The van der Waals surface area contributed by atoms with Crippen LogP contribution in [-0.2, 0) is 16.1 Å². The molecule has 0 amide bonds. The zero-order valence-corrected chi connectivity index (χ0v) is 11.6. The van der Waals surface area contributed by atoms with Crippen molar-refractivity contribution >= 4 is 5.97 Å². The monoisotopic (exact) mass is 267 g/mol. The van der Waals surface area contributed by atoms with E-state index >= 15 is 0 Å². The number of carbonyl (C=O) groups is 1. The lowest BCUT2D eigenvalue weighted by Crippen LogP contribution is -2.21. The van der Waals surface area contributed by atoms with Gasteiger partial charge in [0.15, 0.2) is 0 Å². The molecule has 1 rings (SSSR count). The van der Waals surface area contributed by atoms with E-state index in [1.165, 1.54) is 6.07 Å². The van der Waals surface area contributed by atoms with Crippen molar-refractivity contribution in [2.45, 2.75) is 33.3 Å². The minimum absolute atomic E-state index is 0.0233. The predicted molar refractivity (Wildman–Crippen MR) is 72.8 cm³/mol. The predicted octanol–water partition coefficient (Wildman–Crippen LogP) is 2.88. The second-order valence-electron chi connectivity index (χ2n) is 5.19. The highest BCUT2D eigenvalue weighted by atomic mass is 19.1. The molecule has 3 nitrogen and oxygen atoms in total. The van der Waals surface area contributed by atoms with Gasteiger partial charge in [0.05, 0.1) is 0 Å². The van der Waals surface area contributed by atoms with Gasteiger partial charge >= 0.3 is 5.97 Å². The number of hydrogen-bond acceptors (Lipinski definition) is 3. The molecule has 0 spiro atoms. The summed E-state index contributed by atoms with van der Waals surface area (Å²) in [4.78, 5) is 11.7. The molecule has 0 unspecified atom stereocenters. The number of carbonyl (C=O) groups excluding carboxylic acids is 1. The Morgan fingerprint density at radius 3 is 2.63 bits per heavy atom. The molecule has 0 aliphatic heterocycles. The first-order valence-electron chi connectivity index (χ1n) is 6.62. The van der Waals surface area contributed by atoms with E-state index in [0.717, 1.165) is 6.42 Å². The fraction of sp³-hybridized carbons (Fsp3) is 0.533. The van der Waals surface area contributed by atoms with Crippen molar-refractivity contribution in [2.75, 3.05) is 6.54 Å². The zero-order valence-electron chi connectivity index (χ0n) is 11.6. The second-order valence-corrected chi connectivity index (χ2v) is 5.19. The molecule has 0 saturated heterocycles. The van der Waals surface area contributed by atoms with Gasteiger partial charge in [-0.25, -0.2) is 4.39 Å². The summed E-state index contributed by atoms with van der Waals surface area (Å²) in [5.41, 5.74) is 6.03. The van der Waals surface area contributed by atoms with E-state index in [1.54, 1.807) is 18.2 Å². The summed E-state index contributed by atoms with van der Waals surface area (Å²) >= 11 is 0. The lowest BCUT2D eigenvalue weighted by molar-refractivity contribution is -0.146. The first-order valence-corrected chi connectivity index (χ1v) is 6.62. The van der Waals surface area contributed by atoms with Crippen molar-refractivity contribution in [2.24, 2.45) is 17.6 Å². The molecule has 2 N–H and O–H groups in total. The molecule has 0 saturated carbocycles. The first kappa shape index (κ1) is 15.6. The average Bonchev–Trinajstić information content (AvgIpc) is 2.36. The van der Waals surface area contributed by atoms with Gasteiger partial charge in [-0.05, 0) is 30.9 Å². The molecule has 0 aromatic heterocycles. The second kappa shape index (κ2) is 7.89. The van der Waals surface area contributed by atoms with E-state index in [0.29, 0.717) is 24.4 Å². The van der Waals surface area contributed by atoms with Crippen molar-refractivity contribution in [1.29, 1.82) is 0 Å². The van der Waals surface area contributed by atoms with Crippen LogP contribution in [0.5, 0.6) is 0 Å². The number of hydrogen-bond donors (Lipinski definition) is 1. The summed E-state index contributed by atoms with van der Waals surface area (Å²) in [7, 11) is 0. The molecule has 4 heteroatoms. The van der Waals surface area contributed by atoms with E-state index in [4.69, 9.17) is 10.5 Å². The number of benzene rings is 1. The summed E-state index contributed by atoms with van der Waals surface area (Å²) in [6.45, 7) is 4.62. The number of nitrogens with two attached hydrogens (primary N) is 1. The maximum Gasteiger partial charge on any atom is 0.306 e. The summed E-state index contributed by atoms with van der Waals surface area (Å²) in [6, 6.07) is 6.28. The third kappa shape index (κ3) is 5.83.